The van der Waals surface area contributed by atoms with Gasteiger partial charge in [-0.1, -0.05) is 24.6 Å². The Hall–Kier alpha value is -0.770. The van der Waals surface area contributed by atoms with E-state index in [9.17, 15) is 0 Å². The van der Waals surface area contributed by atoms with Crippen molar-refractivity contribution in [2.45, 2.75) is 26.3 Å². The zero-order valence-electron chi connectivity index (χ0n) is 9.79. The highest BCUT2D eigenvalue weighted by Gasteiger charge is 2.15. The van der Waals surface area contributed by atoms with Gasteiger partial charge in [0, 0.05) is 18.2 Å². The van der Waals surface area contributed by atoms with Crippen molar-refractivity contribution in [1.82, 2.24) is 0 Å². The van der Waals surface area contributed by atoms with E-state index >= 15 is 0 Å². The molecule has 0 aliphatic heterocycles. The van der Waals surface area contributed by atoms with Gasteiger partial charge in [-0.15, -0.1) is 0 Å². The fourth-order valence-electron chi connectivity index (χ4n) is 1.51. The van der Waals surface area contributed by atoms with Gasteiger partial charge in [-0.3, -0.25) is 0 Å². The summed E-state index contributed by atoms with van der Waals surface area (Å²) >= 11 is 6.15. The molecule has 0 radical (unpaired) electrons. The molecule has 0 bridgehead atoms. The van der Waals surface area contributed by atoms with Crippen molar-refractivity contribution in [3.8, 4) is 5.75 Å². The van der Waals surface area contributed by atoms with Gasteiger partial charge < -0.3 is 16.2 Å². The molecule has 16 heavy (non-hydrogen) atoms. The molecule has 1 atom stereocenters. The Balaban J connectivity index is 3.10. The summed E-state index contributed by atoms with van der Waals surface area (Å²) in [5, 5.41) is 0.604. The van der Waals surface area contributed by atoms with Crippen LogP contribution in [0.1, 0.15) is 30.5 Å². The number of hydrogen-bond donors (Lipinski definition) is 2. The number of rotatable bonds is 5. The number of aryl methyl sites for hydroxylation is 1. The monoisotopic (exact) mass is 242 g/mol. The van der Waals surface area contributed by atoms with E-state index in [1.165, 1.54) is 0 Å². The van der Waals surface area contributed by atoms with Crippen molar-refractivity contribution in [1.29, 1.82) is 0 Å². The fourth-order valence-corrected chi connectivity index (χ4v) is 1.85. The molecule has 3 nitrogen and oxygen atoms in total. The van der Waals surface area contributed by atoms with Crippen LogP contribution in [0.5, 0.6) is 5.75 Å². The first-order valence-corrected chi connectivity index (χ1v) is 5.86. The van der Waals surface area contributed by atoms with Crippen LogP contribution in [0, 0.1) is 6.92 Å². The second-order valence-electron chi connectivity index (χ2n) is 3.86. The lowest BCUT2D eigenvalue weighted by molar-refractivity contribution is 0.312. The summed E-state index contributed by atoms with van der Waals surface area (Å²) in [6, 6.07) is 3.62. The normalized spacial score (nSPS) is 12.6. The van der Waals surface area contributed by atoms with Gasteiger partial charge in [0.25, 0.3) is 0 Å². The molecule has 0 spiro atoms. The van der Waals surface area contributed by atoms with Crippen LogP contribution in [0.4, 0.5) is 0 Å². The van der Waals surface area contributed by atoms with Crippen molar-refractivity contribution < 1.29 is 4.74 Å². The van der Waals surface area contributed by atoms with Gasteiger partial charge >= 0.3 is 0 Å². The molecule has 1 rings (SSSR count). The van der Waals surface area contributed by atoms with Crippen LogP contribution in [0.2, 0.25) is 5.02 Å². The smallest absolute Gasteiger partial charge is 0.142 e. The topological polar surface area (TPSA) is 61.3 Å². The van der Waals surface area contributed by atoms with Crippen LogP contribution in [0.15, 0.2) is 12.1 Å². The van der Waals surface area contributed by atoms with E-state index in [0.717, 1.165) is 17.5 Å². The summed E-state index contributed by atoms with van der Waals surface area (Å²) in [7, 11) is 0. The number of nitrogens with two attached hydrogens (primary N) is 2. The molecule has 1 aromatic rings. The molecule has 1 aromatic carbocycles. The van der Waals surface area contributed by atoms with Crippen molar-refractivity contribution in [2.24, 2.45) is 11.5 Å². The minimum Gasteiger partial charge on any atom is -0.492 e. The Morgan fingerprint density at radius 1 is 1.44 bits per heavy atom. The van der Waals surface area contributed by atoms with Crippen molar-refractivity contribution >= 4 is 11.6 Å². The third-order valence-electron chi connectivity index (χ3n) is 2.32. The lowest BCUT2D eigenvalue weighted by atomic mass is 10.0. The second kappa shape index (κ2) is 6.09. The molecule has 0 heterocycles. The minimum atomic E-state index is -0.232. The zero-order valence-corrected chi connectivity index (χ0v) is 10.6. The van der Waals surface area contributed by atoms with Gasteiger partial charge in [-0.05, 0) is 25.0 Å². The SMILES string of the molecule is CCCOc1c(Cl)cc(C)cc1C(N)CN. The van der Waals surface area contributed by atoms with Crippen LogP contribution < -0.4 is 16.2 Å². The Labute approximate surface area is 102 Å². The van der Waals surface area contributed by atoms with Gasteiger partial charge in [-0.25, -0.2) is 0 Å². The van der Waals surface area contributed by atoms with E-state index in [0.29, 0.717) is 23.9 Å². The molecule has 0 aromatic heterocycles. The van der Waals surface area contributed by atoms with E-state index in [2.05, 4.69) is 0 Å². The Morgan fingerprint density at radius 2 is 2.12 bits per heavy atom. The van der Waals surface area contributed by atoms with Crippen molar-refractivity contribution in [3.63, 3.8) is 0 Å². The summed E-state index contributed by atoms with van der Waals surface area (Å²) in [5.41, 5.74) is 13.5. The first-order chi connectivity index (χ1) is 7.60. The van der Waals surface area contributed by atoms with Gasteiger partial charge in [0.15, 0.2) is 0 Å². The molecule has 0 aliphatic carbocycles. The van der Waals surface area contributed by atoms with Crippen molar-refractivity contribution in [3.05, 3.63) is 28.3 Å². The summed E-state index contributed by atoms with van der Waals surface area (Å²) in [5.74, 6) is 0.673. The minimum absolute atomic E-state index is 0.232. The molecule has 0 aliphatic rings. The summed E-state index contributed by atoms with van der Waals surface area (Å²) in [4.78, 5) is 0. The quantitative estimate of drug-likeness (QED) is 0.834. The van der Waals surface area contributed by atoms with Gasteiger partial charge in [0.1, 0.15) is 5.75 Å². The molecule has 1 unspecified atom stereocenters. The number of ether oxygens (including phenoxy) is 1. The Morgan fingerprint density at radius 3 is 2.69 bits per heavy atom. The molecule has 4 heteroatoms. The van der Waals surface area contributed by atoms with Crippen LogP contribution in [-0.2, 0) is 0 Å². The third kappa shape index (κ3) is 3.11. The van der Waals surface area contributed by atoms with Crippen LogP contribution in [0.3, 0.4) is 0 Å². The largest absolute Gasteiger partial charge is 0.492 e. The lowest BCUT2D eigenvalue weighted by Gasteiger charge is -2.17. The maximum Gasteiger partial charge on any atom is 0.142 e. The Kier molecular flexibility index (Phi) is 5.06. The van der Waals surface area contributed by atoms with Crippen LogP contribution in [0.25, 0.3) is 0 Å². The molecule has 0 saturated heterocycles. The fraction of sp³-hybridized carbons (Fsp3) is 0.500. The molecule has 0 fully saturated rings. The number of hydrogen-bond acceptors (Lipinski definition) is 3. The highest BCUT2D eigenvalue weighted by molar-refractivity contribution is 6.32. The molecular weight excluding hydrogens is 224 g/mol. The second-order valence-corrected chi connectivity index (χ2v) is 4.26. The average Bonchev–Trinajstić information content (AvgIpc) is 2.26. The van der Waals surface area contributed by atoms with Gasteiger partial charge in [-0.2, -0.15) is 0 Å². The molecule has 90 valence electrons. The van der Waals surface area contributed by atoms with E-state index in [4.69, 9.17) is 27.8 Å². The van der Waals surface area contributed by atoms with Crippen LogP contribution >= 0.6 is 11.6 Å². The van der Waals surface area contributed by atoms with Gasteiger partial charge in [0.2, 0.25) is 0 Å². The first-order valence-electron chi connectivity index (χ1n) is 5.48. The standard InChI is InChI=1S/C12H19ClN2O/c1-3-4-16-12-9(11(15)7-14)5-8(2)6-10(12)13/h5-6,11H,3-4,7,14-15H2,1-2H3. The summed E-state index contributed by atoms with van der Waals surface area (Å²) in [6.45, 7) is 5.03. The first kappa shape index (κ1) is 13.3. The van der Waals surface area contributed by atoms with E-state index in [1.54, 1.807) is 0 Å². The van der Waals surface area contributed by atoms with E-state index in [-0.39, 0.29) is 6.04 Å². The van der Waals surface area contributed by atoms with E-state index in [1.807, 2.05) is 26.0 Å². The summed E-state index contributed by atoms with van der Waals surface area (Å²) < 4.78 is 5.63. The maximum atomic E-state index is 6.15. The van der Waals surface area contributed by atoms with Crippen molar-refractivity contribution in [2.75, 3.05) is 13.2 Å². The summed E-state index contributed by atoms with van der Waals surface area (Å²) in [6.07, 6.45) is 0.932. The predicted octanol–water partition coefficient (Wildman–Crippen LogP) is 2.40. The number of halogens is 1. The number of benzene rings is 1. The third-order valence-corrected chi connectivity index (χ3v) is 2.60. The van der Waals surface area contributed by atoms with Crippen LogP contribution in [-0.4, -0.2) is 13.2 Å². The molecular formula is C12H19ClN2O. The molecule has 0 amide bonds. The van der Waals surface area contributed by atoms with Gasteiger partial charge in [0.05, 0.1) is 11.6 Å². The molecule has 0 saturated carbocycles. The zero-order chi connectivity index (χ0) is 12.1. The maximum absolute atomic E-state index is 6.15. The highest BCUT2D eigenvalue weighted by atomic mass is 35.5. The lowest BCUT2D eigenvalue weighted by Crippen LogP contribution is -2.22. The Bertz CT molecular complexity index is 355. The molecule has 4 N–H and O–H groups in total. The average molecular weight is 243 g/mol. The predicted molar refractivity (Wildman–Crippen MR) is 68.0 cm³/mol. The highest BCUT2D eigenvalue weighted by Crippen LogP contribution is 2.33. The van der Waals surface area contributed by atoms with E-state index < -0.39 is 0 Å².